The molecule has 0 saturated carbocycles. The molecule has 0 radical (unpaired) electrons. The van der Waals surface area contributed by atoms with E-state index in [2.05, 4.69) is 10.6 Å². The number of halogens is 1. The maximum Gasteiger partial charge on any atom is 0.322 e. The number of hydrogen-bond acceptors (Lipinski definition) is 4. The molecule has 0 aromatic heterocycles. The third-order valence-corrected chi connectivity index (χ3v) is 7.92. The van der Waals surface area contributed by atoms with Gasteiger partial charge < -0.3 is 20.3 Å². The summed E-state index contributed by atoms with van der Waals surface area (Å²) in [6.45, 7) is 0.0438. The second kappa shape index (κ2) is 12.4. The number of nitrogens with zero attached hydrogens (tertiary/aromatic N) is 2. The van der Waals surface area contributed by atoms with Crippen molar-refractivity contribution in [2.75, 3.05) is 13.6 Å². The number of carbonyl (C=O) groups is 3. The molecule has 4 amide bonds. The third-order valence-electron chi connectivity index (χ3n) is 7.92. The highest BCUT2D eigenvalue weighted by molar-refractivity contribution is 6.03. The minimum atomic E-state index is -0.904. The summed E-state index contributed by atoms with van der Waals surface area (Å²) in [5, 5.41) is 5.78. The molecule has 2 heterocycles. The van der Waals surface area contributed by atoms with Crippen molar-refractivity contribution in [3.8, 4) is 11.5 Å². The number of nitrogens with one attached hydrogen (secondary N) is 2. The van der Waals surface area contributed by atoms with Gasteiger partial charge in [-0.25, -0.2) is 9.18 Å². The number of benzene rings is 4. The number of hydrogen-bond donors (Lipinski definition) is 2. The summed E-state index contributed by atoms with van der Waals surface area (Å²) in [6, 6.07) is 30.2. The van der Waals surface area contributed by atoms with E-state index in [1.807, 2.05) is 72.8 Å². The summed E-state index contributed by atoms with van der Waals surface area (Å²) in [5.74, 6) is 0.0237. The molecule has 2 aliphatic rings. The topological polar surface area (TPSA) is 91.0 Å². The highest BCUT2D eigenvalue weighted by Gasteiger charge is 2.46. The normalized spacial score (nSPS) is 16.8. The van der Waals surface area contributed by atoms with Gasteiger partial charge in [-0.1, -0.05) is 78.9 Å². The van der Waals surface area contributed by atoms with Gasteiger partial charge in [0.05, 0.1) is 23.9 Å². The molecule has 2 atom stereocenters. The third kappa shape index (κ3) is 5.89. The fraction of sp³-hybridized carbons (Fsp3) is 0.171. The zero-order valence-electron chi connectivity index (χ0n) is 24.1. The van der Waals surface area contributed by atoms with Gasteiger partial charge in [0.1, 0.15) is 23.4 Å². The number of carbonyl (C=O) groups excluding carboxylic acids is 3. The molecule has 0 saturated heterocycles. The zero-order valence-corrected chi connectivity index (χ0v) is 24.1. The second-order valence-corrected chi connectivity index (χ2v) is 10.7. The summed E-state index contributed by atoms with van der Waals surface area (Å²) in [4.78, 5) is 44.0. The Kier molecular flexibility index (Phi) is 8.10. The number of amides is 4. The number of likely N-dealkylation sites (N-methyl/N-ethyl adjacent to an activating group) is 1. The van der Waals surface area contributed by atoms with E-state index in [1.165, 1.54) is 15.9 Å². The van der Waals surface area contributed by atoms with Crippen LogP contribution in [-0.2, 0) is 22.6 Å². The predicted molar refractivity (Wildman–Crippen MR) is 163 cm³/mol. The maximum atomic E-state index is 14.3. The predicted octanol–water partition coefficient (Wildman–Crippen LogP) is 5.34. The Balaban J connectivity index is 1.29. The molecule has 9 heteroatoms. The van der Waals surface area contributed by atoms with Gasteiger partial charge in [0.25, 0.3) is 5.91 Å². The van der Waals surface area contributed by atoms with Gasteiger partial charge >= 0.3 is 6.03 Å². The van der Waals surface area contributed by atoms with Crippen molar-refractivity contribution < 1.29 is 23.5 Å². The van der Waals surface area contributed by atoms with E-state index in [-0.39, 0.29) is 31.4 Å². The van der Waals surface area contributed by atoms with Crippen molar-refractivity contribution in [2.24, 2.45) is 0 Å². The van der Waals surface area contributed by atoms with Crippen LogP contribution in [0.4, 0.5) is 9.18 Å². The van der Waals surface area contributed by atoms with Gasteiger partial charge in [-0.2, -0.15) is 0 Å². The smallest absolute Gasteiger partial charge is 0.322 e. The molecule has 0 bridgehead atoms. The van der Waals surface area contributed by atoms with Crippen LogP contribution in [0.3, 0.4) is 0 Å². The lowest BCUT2D eigenvalue weighted by Crippen LogP contribution is -2.49. The van der Waals surface area contributed by atoms with E-state index in [0.29, 0.717) is 33.9 Å². The molecule has 222 valence electrons. The van der Waals surface area contributed by atoms with Gasteiger partial charge in [0, 0.05) is 25.6 Å². The minimum Gasteiger partial charge on any atom is -0.457 e. The average molecular weight is 591 g/mol. The molecular weight excluding hydrogens is 559 g/mol. The monoisotopic (exact) mass is 590 g/mol. The van der Waals surface area contributed by atoms with Crippen LogP contribution < -0.4 is 15.4 Å². The molecule has 44 heavy (non-hydrogen) atoms. The fourth-order valence-electron chi connectivity index (χ4n) is 5.60. The summed E-state index contributed by atoms with van der Waals surface area (Å²) < 4.78 is 20.3. The molecule has 2 N–H and O–H groups in total. The Morgan fingerprint density at radius 1 is 0.932 bits per heavy atom. The average Bonchev–Trinajstić information content (AvgIpc) is 3.39. The summed E-state index contributed by atoms with van der Waals surface area (Å²) >= 11 is 0. The van der Waals surface area contributed by atoms with Gasteiger partial charge in [-0.05, 0) is 41.5 Å². The first-order valence-corrected chi connectivity index (χ1v) is 14.3. The highest BCUT2D eigenvalue weighted by Crippen LogP contribution is 2.38. The van der Waals surface area contributed by atoms with Crippen LogP contribution in [0.5, 0.6) is 11.5 Å². The molecular formula is C35H31FN4O4. The lowest BCUT2D eigenvalue weighted by atomic mass is 9.95. The first-order chi connectivity index (χ1) is 21.4. The van der Waals surface area contributed by atoms with Crippen LogP contribution >= 0.6 is 0 Å². The first kappa shape index (κ1) is 28.7. The van der Waals surface area contributed by atoms with E-state index in [9.17, 15) is 18.8 Å². The number of urea groups is 1. The SMILES string of the molecule is CN1C(=O)N[C@H](c2cccc(Oc3ccccc3)c2)C2=C1CN([C@@H](Cc1ccccc1)C(=O)NCc1ccccc1F)C2=O. The van der Waals surface area contributed by atoms with Crippen molar-refractivity contribution in [1.29, 1.82) is 0 Å². The van der Waals surface area contributed by atoms with Crippen LogP contribution in [0, 0.1) is 5.82 Å². The van der Waals surface area contributed by atoms with Crippen molar-refractivity contribution in [1.82, 2.24) is 20.4 Å². The van der Waals surface area contributed by atoms with Crippen LogP contribution in [0.1, 0.15) is 22.7 Å². The van der Waals surface area contributed by atoms with Gasteiger partial charge in [-0.3, -0.25) is 14.5 Å². The Labute approximate surface area is 254 Å². The molecule has 2 aliphatic heterocycles. The quantitative estimate of drug-likeness (QED) is 0.276. The summed E-state index contributed by atoms with van der Waals surface area (Å²) in [6.07, 6.45) is 0.242. The zero-order chi connectivity index (χ0) is 30.6. The second-order valence-electron chi connectivity index (χ2n) is 10.7. The largest absolute Gasteiger partial charge is 0.457 e. The minimum absolute atomic E-state index is 0.0251. The molecule has 4 aromatic rings. The molecule has 0 fully saturated rings. The Hall–Kier alpha value is -5.44. The van der Waals surface area contributed by atoms with Crippen LogP contribution in [0.25, 0.3) is 0 Å². The van der Waals surface area contributed by atoms with Crippen LogP contribution in [0.15, 0.2) is 120 Å². The van der Waals surface area contributed by atoms with Gasteiger partial charge in [0.2, 0.25) is 5.91 Å². The molecule has 8 nitrogen and oxygen atoms in total. The van der Waals surface area contributed by atoms with E-state index in [0.717, 1.165) is 5.56 Å². The van der Waals surface area contributed by atoms with Crippen molar-refractivity contribution in [3.05, 3.63) is 143 Å². The van der Waals surface area contributed by atoms with Gasteiger partial charge in [-0.15, -0.1) is 0 Å². The van der Waals surface area contributed by atoms with E-state index >= 15 is 0 Å². The Morgan fingerprint density at radius 3 is 2.36 bits per heavy atom. The Bertz CT molecular complexity index is 1730. The standard InChI is InChI=1S/C35H31FN4O4/c1-39-30-22-40(29(19-23-11-4-2-5-12-23)33(41)37-21-25-13-8-9-18-28(25)36)34(42)31(30)32(38-35(39)43)24-14-10-17-27(20-24)44-26-15-6-3-7-16-26/h2-18,20,29,32H,19,21-22H2,1H3,(H,37,41)(H,38,43)/t29-,32+/m0/s1. The van der Waals surface area contributed by atoms with Crippen LogP contribution in [-0.4, -0.2) is 47.3 Å². The van der Waals surface area contributed by atoms with E-state index < -0.39 is 23.8 Å². The van der Waals surface area contributed by atoms with Crippen molar-refractivity contribution in [2.45, 2.75) is 25.0 Å². The number of ether oxygens (including phenoxy) is 1. The molecule has 0 spiro atoms. The molecule has 0 aliphatic carbocycles. The molecule has 4 aromatic carbocycles. The summed E-state index contributed by atoms with van der Waals surface area (Å²) in [5.41, 5.74) is 2.80. The lowest BCUT2D eigenvalue weighted by Gasteiger charge is -2.31. The summed E-state index contributed by atoms with van der Waals surface area (Å²) in [7, 11) is 1.61. The highest BCUT2D eigenvalue weighted by atomic mass is 19.1. The molecule has 0 unspecified atom stereocenters. The Morgan fingerprint density at radius 2 is 1.61 bits per heavy atom. The van der Waals surface area contributed by atoms with E-state index in [4.69, 9.17) is 4.74 Å². The van der Waals surface area contributed by atoms with Crippen LogP contribution in [0.2, 0.25) is 0 Å². The first-order valence-electron chi connectivity index (χ1n) is 14.3. The number of rotatable bonds is 9. The maximum absolute atomic E-state index is 14.3. The lowest BCUT2D eigenvalue weighted by molar-refractivity contribution is -0.136. The molecule has 6 rings (SSSR count). The van der Waals surface area contributed by atoms with Gasteiger partial charge in [0.15, 0.2) is 0 Å². The number of para-hydroxylation sites is 1. The van der Waals surface area contributed by atoms with Crippen molar-refractivity contribution in [3.63, 3.8) is 0 Å². The van der Waals surface area contributed by atoms with E-state index in [1.54, 1.807) is 37.4 Å². The fourth-order valence-corrected chi connectivity index (χ4v) is 5.60. The van der Waals surface area contributed by atoms with Crippen molar-refractivity contribution >= 4 is 17.8 Å².